The van der Waals surface area contributed by atoms with E-state index in [2.05, 4.69) is 15.2 Å². The molecule has 1 fully saturated rings. The van der Waals surface area contributed by atoms with Gasteiger partial charge in [0.25, 0.3) is 0 Å². The van der Waals surface area contributed by atoms with E-state index in [9.17, 15) is 4.39 Å². The molecule has 1 aromatic carbocycles. The van der Waals surface area contributed by atoms with E-state index >= 15 is 0 Å². The normalized spacial score (nSPS) is 16.6. The minimum Gasteiger partial charge on any atom is -0.363 e. The number of hydrogen-bond acceptors (Lipinski definition) is 6. The molecule has 1 atom stereocenters. The van der Waals surface area contributed by atoms with Crippen molar-refractivity contribution in [3.63, 3.8) is 0 Å². The van der Waals surface area contributed by atoms with Crippen molar-refractivity contribution in [3.05, 3.63) is 72.2 Å². The molecule has 158 valence electrons. The highest BCUT2D eigenvalue weighted by atomic mass is 19.1. The van der Waals surface area contributed by atoms with Crippen LogP contribution in [-0.4, -0.2) is 53.3 Å². The summed E-state index contributed by atoms with van der Waals surface area (Å²) in [6.07, 6.45) is 1.80. The summed E-state index contributed by atoms with van der Waals surface area (Å²) in [4.78, 5) is 13.4. The van der Waals surface area contributed by atoms with Crippen LogP contribution in [0.4, 0.5) is 16.0 Å². The number of rotatable bonds is 4. The number of fused-ring (bicyclic) bond motifs is 1. The zero-order chi connectivity index (χ0) is 21.4. The van der Waals surface area contributed by atoms with Crippen LogP contribution < -0.4 is 15.1 Å². The first-order chi connectivity index (χ1) is 15.1. The quantitative estimate of drug-likeness (QED) is 0.551. The minimum atomic E-state index is -0.227. The second kappa shape index (κ2) is 7.96. The maximum atomic E-state index is 13.9. The average Bonchev–Trinajstić information content (AvgIpc) is 3.22. The fourth-order valence-electron chi connectivity index (χ4n) is 4.00. The second-order valence-electron chi connectivity index (χ2n) is 7.85. The zero-order valence-electron chi connectivity index (χ0n) is 17.5. The van der Waals surface area contributed by atoms with E-state index in [1.807, 2.05) is 59.9 Å². The highest BCUT2D eigenvalue weighted by Gasteiger charge is 2.26. The molecule has 1 aliphatic heterocycles. The van der Waals surface area contributed by atoms with Crippen molar-refractivity contribution in [1.82, 2.24) is 24.9 Å². The van der Waals surface area contributed by atoms with Gasteiger partial charge in [-0.1, -0.05) is 18.2 Å². The highest BCUT2D eigenvalue weighted by Crippen LogP contribution is 2.29. The van der Waals surface area contributed by atoms with E-state index in [-0.39, 0.29) is 11.9 Å². The summed E-state index contributed by atoms with van der Waals surface area (Å²) >= 11 is 0. The van der Waals surface area contributed by atoms with Gasteiger partial charge in [0.1, 0.15) is 23.1 Å². The third-order valence-electron chi connectivity index (χ3n) is 5.57. The second-order valence-corrected chi connectivity index (χ2v) is 7.85. The molecule has 5 rings (SSSR count). The van der Waals surface area contributed by atoms with Crippen LogP contribution in [0.1, 0.15) is 11.6 Å². The Hall–Kier alpha value is -3.52. The zero-order valence-corrected chi connectivity index (χ0v) is 17.5. The van der Waals surface area contributed by atoms with Crippen molar-refractivity contribution in [2.24, 2.45) is 0 Å². The first-order valence-corrected chi connectivity index (χ1v) is 10.3. The molecule has 0 saturated carbocycles. The molecule has 0 amide bonds. The van der Waals surface area contributed by atoms with Crippen molar-refractivity contribution in [2.75, 3.05) is 43.5 Å². The molecular formula is C23H24FN7. The van der Waals surface area contributed by atoms with Gasteiger partial charge in [-0.15, -0.1) is 5.10 Å². The number of nitrogens with zero attached hydrogens (tertiary/aromatic N) is 6. The van der Waals surface area contributed by atoms with Gasteiger partial charge in [0.15, 0.2) is 5.65 Å². The van der Waals surface area contributed by atoms with Gasteiger partial charge in [0.05, 0.1) is 17.9 Å². The Morgan fingerprint density at radius 2 is 1.97 bits per heavy atom. The Labute approximate surface area is 180 Å². The van der Waals surface area contributed by atoms with Gasteiger partial charge in [0, 0.05) is 33.7 Å². The number of hydrogen-bond donors (Lipinski definition) is 1. The van der Waals surface area contributed by atoms with Crippen molar-refractivity contribution >= 4 is 17.3 Å². The van der Waals surface area contributed by atoms with Gasteiger partial charge >= 0.3 is 0 Å². The number of halogens is 1. The van der Waals surface area contributed by atoms with Crippen LogP contribution in [0.5, 0.6) is 0 Å². The molecule has 1 unspecified atom stereocenters. The van der Waals surface area contributed by atoms with Gasteiger partial charge in [-0.2, -0.15) is 0 Å². The number of pyridine rings is 1. The molecule has 8 heteroatoms. The lowest BCUT2D eigenvalue weighted by Crippen LogP contribution is -2.46. The van der Waals surface area contributed by atoms with E-state index in [4.69, 9.17) is 10.1 Å². The van der Waals surface area contributed by atoms with Crippen LogP contribution in [0.15, 0.2) is 60.8 Å². The summed E-state index contributed by atoms with van der Waals surface area (Å²) in [5.74, 6) is 1.47. The van der Waals surface area contributed by atoms with Crippen LogP contribution in [0.3, 0.4) is 0 Å². The molecule has 0 bridgehead atoms. The van der Waals surface area contributed by atoms with Gasteiger partial charge in [-0.3, -0.25) is 0 Å². The lowest BCUT2D eigenvalue weighted by Gasteiger charge is -2.37. The SMILES string of the molecule is CN(C)c1cccc(-c2cnc3ccc(N4CCNCC4c4cccc(F)c4)nn23)n1. The van der Waals surface area contributed by atoms with Crippen LogP contribution in [0.25, 0.3) is 17.0 Å². The smallest absolute Gasteiger partial charge is 0.154 e. The number of benzene rings is 1. The summed E-state index contributed by atoms with van der Waals surface area (Å²) in [5.41, 5.74) is 3.33. The third-order valence-corrected chi connectivity index (χ3v) is 5.57. The number of aromatic nitrogens is 4. The monoisotopic (exact) mass is 417 g/mol. The Morgan fingerprint density at radius 3 is 2.81 bits per heavy atom. The van der Waals surface area contributed by atoms with Crippen molar-refractivity contribution in [1.29, 1.82) is 0 Å². The summed E-state index contributed by atoms with van der Waals surface area (Å²) in [6, 6.07) is 16.6. The number of nitrogens with one attached hydrogen (secondary N) is 1. The van der Waals surface area contributed by atoms with Gasteiger partial charge in [-0.25, -0.2) is 18.9 Å². The molecule has 1 N–H and O–H groups in total. The Morgan fingerprint density at radius 1 is 1.10 bits per heavy atom. The number of piperazine rings is 1. The molecule has 0 spiro atoms. The van der Waals surface area contributed by atoms with E-state index in [1.54, 1.807) is 18.3 Å². The van der Waals surface area contributed by atoms with E-state index < -0.39 is 0 Å². The summed E-state index contributed by atoms with van der Waals surface area (Å²) in [5, 5.41) is 8.33. The highest BCUT2D eigenvalue weighted by molar-refractivity contribution is 5.62. The summed E-state index contributed by atoms with van der Waals surface area (Å²) < 4.78 is 15.7. The van der Waals surface area contributed by atoms with Crippen LogP contribution >= 0.6 is 0 Å². The van der Waals surface area contributed by atoms with Crippen LogP contribution in [-0.2, 0) is 0 Å². The largest absolute Gasteiger partial charge is 0.363 e. The lowest BCUT2D eigenvalue weighted by atomic mass is 10.0. The van der Waals surface area contributed by atoms with Gasteiger partial charge in [-0.05, 0) is 42.0 Å². The van der Waals surface area contributed by atoms with Crippen LogP contribution in [0.2, 0.25) is 0 Å². The van der Waals surface area contributed by atoms with Crippen molar-refractivity contribution in [2.45, 2.75) is 6.04 Å². The minimum absolute atomic E-state index is 0.00318. The Bertz CT molecular complexity index is 1220. The molecular weight excluding hydrogens is 393 g/mol. The van der Waals surface area contributed by atoms with Gasteiger partial charge in [0.2, 0.25) is 0 Å². The summed E-state index contributed by atoms with van der Waals surface area (Å²) in [7, 11) is 3.93. The molecule has 1 aliphatic rings. The first-order valence-electron chi connectivity index (χ1n) is 10.3. The molecule has 7 nitrogen and oxygen atoms in total. The maximum absolute atomic E-state index is 13.9. The van der Waals surface area contributed by atoms with Crippen LogP contribution in [0, 0.1) is 5.82 Å². The molecule has 4 heterocycles. The number of anilines is 2. The van der Waals surface area contributed by atoms with E-state index in [0.717, 1.165) is 53.9 Å². The first kappa shape index (κ1) is 19.4. The topological polar surface area (TPSA) is 61.6 Å². The molecule has 31 heavy (non-hydrogen) atoms. The van der Waals surface area contributed by atoms with Crippen molar-refractivity contribution in [3.8, 4) is 11.4 Å². The maximum Gasteiger partial charge on any atom is 0.154 e. The fourth-order valence-corrected chi connectivity index (χ4v) is 4.00. The average molecular weight is 417 g/mol. The molecule has 4 aromatic rings. The Kier molecular flexibility index (Phi) is 4.99. The van der Waals surface area contributed by atoms with Gasteiger partial charge < -0.3 is 15.1 Å². The molecule has 0 aliphatic carbocycles. The predicted octanol–water partition coefficient (Wildman–Crippen LogP) is 3.15. The van der Waals surface area contributed by atoms with E-state index in [0.29, 0.717) is 0 Å². The van der Waals surface area contributed by atoms with Crippen molar-refractivity contribution < 1.29 is 4.39 Å². The molecule has 3 aromatic heterocycles. The van der Waals surface area contributed by atoms with E-state index in [1.165, 1.54) is 6.07 Å². The molecule has 0 radical (unpaired) electrons. The lowest BCUT2D eigenvalue weighted by molar-refractivity contribution is 0.482. The summed E-state index contributed by atoms with van der Waals surface area (Å²) in [6.45, 7) is 2.35. The molecule has 1 saturated heterocycles. The standard InChI is InChI=1S/C23H24FN7/c1-29(2)22-8-4-7-18(27-22)20-15-26-21-9-10-23(28-31(20)21)30-12-11-25-14-19(30)16-5-3-6-17(24)13-16/h3-10,13,15,19,25H,11-12,14H2,1-2H3. The number of imidazole rings is 1. The third kappa shape index (κ3) is 3.70. The predicted molar refractivity (Wildman–Crippen MR) is 120 cm³/mol. The fraction of sp³-hybridized carbons (Fsp3) is 0.261. The Balaban J connectivity index is 1.56.